The maximum absolute atomic E-state index is 12.5. The molecule has 1 aliphatic carbocycles. The molecule has 0 fully saturated rings. The fourth-order valence-electron chi connectivity index (χ4n) is 2.25. The second kappa shape index (κ2) is 4.15. The molecule has 90 valence electrons. The van der Waals surface area contributed by atoms with Crippen LogP contribution in [0.15, 0.2) is 33.5 Å². The van der Waals surface area contributed by atoms with Crippen LogP contribution >= 0.6 is 12.2 Å². The zero-order chi connectivity index (χ0) is 12.7. The Morgan fingerprint density at radius 2 is 2.11 bits per heavy atom. The predicted molar refractivity (Wildman–Crippen MR) is 75.9 cm³/mol. The summed E-state index contributed by atoms with van der Waals surface area (Å²) in [6, 6.07) is 7.21. The average Bonchev–Trinajstić information content (AvgIpc) is 2.40. The molecule has 2 N–H and O–H groups in total. The summed E-state index contributed by atoms with van der Waals surface area (Å²) in [5.41, 5.74) is 7.58. The van der Waals surface area contributed by atoms with Gasteiger partial charge in [-0.25, -0.2) is 0 Å². The van der Waals surface area contributed by atoms with Gasteiger partial charge < -0.3 is 10.2 Å². The van der Waals surface area contributed by atoms with Crippen molar-refractivity contribution in [2.75, 3.05) is 6.54 Å². The first-order chi connectivity index (χ1) is 8.72. The Kier molecular flexibility index (Phi) is 2.61. The van der Waals surface area contributed by atoms with Crippen molar-refractivity contribution in [2.24, 2.45) is 5.73 Å². The minimum Gasteiger partial charge on any atom is -0.456 e. The van der Waals surface area contributed by atoms with Crippen LogP contribution in [0.2, 0.25) is 0 Å². The zero-order valence-corrected chi connectivity index (χ0v) is 10.4. The predicted octanol–water partition coefficient (Wildman–Crippen LogP) is 0.456. The van der Waals surface area contributed by atoms with E-state index in [0.29, 0.717) is 28.0 Å². The van der Waals surface area contributed by atoms with E-state index in [-0.39, 0.29) is 12.0 Å². The quantitative estimate of drug-likeness (QED) is 0.754. The van der Waals surface area contributed by atoms with Crippen molar-refractivity contribution in [3.8, 4) is 0 Å². The van der Waals surface area contributed by atoms with Crippen molar-refractivity contribution >= 4 is 39.7 Å². The number of hydrogen-bond donors (Lipinski definition) is 1. The Morgan fingerprint density at radius 1 is 1.33 bits per heavy atom. The fourth-order valence-corrected chi connectivity index (χ4v) is 2.52. The summed E-state index contributed by atoms with van der Waals surface area (Å²) >= 11 is 5.26. The lowest BCUT2D eigenvalue weighted by molar-refractivity contribution is 0.556. The van der Waals surface area contributed by atoms with E-state index in [1.165, 1.54) is 0 Å². The van der Waals surface area contributed by atoms with Gasteiger partial charge in [-0.2, -0.15) is 0 Å². The molecule has 0 saturated carbocycles. The Bertz CT molecular complexity index is 833. The van der Waals surface area contributed by atoms with Gasteiger partial charge in [0.2, 0.25) is 5.43 Å². The summed E-state index contributed by atoms with van der Waals surface area (Å²) < 4.78 is 5.75. The van der Waals surface area contributed by atoms with E-state index in [0.717, 1.165) is 10.4 Å². The SMILES string of the molecule is NCC1=c2c(oc3ccccc3c2=O)=CCC1=S. The van der Waals surface area contributed by atoms with Crippen LogP contribution in [0.3, 0.4) is 0 Å². The van der Waals surface area contributed by atoms with Gasteiger partial charge in [-0.15, -0.1) is 0 Å². The Labute approximate surface area is 108 Å². The van der Waals surface area contributed by atoms with Crippen LogP contribution in [-0.4, -0.2) is 11.4 Å². The van der Waals surface area contributed by atoms with Crippen molar-refractivity contribution in [1.29, 1.82) is 0 Å². The number of para-hydroxylation sites is 1. The molecule has 0 bridgehead atoms. The first-order valence-electron chi connectivity index (χ1n) is 5.71. The smallest absolute Gasteiger partial charge is 0.200 e. The topological polar surface area (TPSA) is 56.2 Å². The standard InChI is InChI=1S/C14H11NO2S/c15-7-9-12(18)6-5-11-13(9)14(16)8-3-1-2-4-10(8)17-11/h1-5H,6-7,15H2. The minimum atomic E-state index is -0.0504. The monoisotopic (exact) mass is 257 g/mol. The van der Waals surface area contributed by atoms with Crippen molar-refractivity contribution in [3.05, 3.63) is 45.1 Å². The van der Waals surface area contributed by atoms with Crippen molar-refractivity contribution in [3.63, 3.8) is 0 Å². The number of thiocarbonyl (C=S) groups is 1. The van der Waals surface area contributed by atoms with E-state index in [9.17, 15) is 4.79 Å². The first-order valence-corrected chi connectivity index (χ1v) is 6.11. The van der Waals surface area contributed by atoms with E-state index in [1.54, 1.807) is 12.1 Å². The van der Waals surface area contributed by atoms with Crippen LogP contribution in [0.25, 0.3) is 22.6 Å². The molecule has 2 aromatic rings. The highest BCUT2D eigenvalue weighted by Crippen LogP contribution is 2.08. The second-order valence-corrected chi connectivity index (χ2v) is 4.67. The first kappa shape index (κ1) is 11.3. The molecule has 1 aromatic carbocycles. The molecule has 3 nitrogen and oxygen atoms in total. The van der Waals surface area contributed by atoms with Crippen LogP contribution < -0.4 is 21.8 Å². The van der Waals surface area contributed by atoms with Gasteiger partial charge in [-0.1, -0.05) is 24.4 Å². The molecule has 0 spiro atoms. The molecule has 4 heteroatoms. The van der Waals surface area contributed by atoms with Gasteiger partial charge in [0.1, 0.15) is 11.0 Å². The van der Waals surface area contributed by atoms with E-state index in [2.05, 4.69) is 0 Å². The zero-order valence-electron chi connectivity index (χ0n) is 9.60. The van der Waals surface area contributed by atoms with Gasteiger partial charge in [0.15, 0.2) is 0 Å². The van der Waals surface area contributed by atoms with Crippen molar-refractivity contribution < 1.29 is 4.42 Å². The van der Waals surface area contributed by atoms with E-state index in [4.69, 9.17) is 22.4 Å². The van der Waals surface area contributed by atoms with Crippen molar-refractivity contribution in [2.45, 2.75) is 6.42 Å². The van der Waals surface area contributed by atoms with Crippen LogP contribution in [-0.2, 0) is 0 Å². The Morgan fingerprint density at radius 3 is 2.89 bits per heavy atom. The molecule has 18 heavy (non-hydrogen) atoms. The Hall–Kier alpha value is -1.78. The third kappa shape index (κ3) is 1.54. The fraction of sp³-hybridized carbons (Fsp3) is 0.143. The highest BCUT2D eigenvalue weighted by atomic mass is 32.1. The molecule has 0 radical (unpaired) electrons. The maximum Gasteiger partial charge on any atom is 0.200 e. The van der Waals surface area contributed by atoms with E-state index in [1.807, 2.05) is 18.2 Å². The van der Waals surface area contributed by atoms with Gasteiger partial charge in [0.25, 0.3) is 0 Å². The maximum atomic E-state index is 12.5. The molecule has 0 unspecified atom stereocenters. The van der Waals surface area contributed by atoms with Crippen LogP contribution in [0.1, 0.15) is 6.42 Å². The minimum absolute atomic E-state index is 0.0504. The molecule has 0 amide bonds. The Balaban J connectivity index is 2.64. The van der Waals surface area contributed by atoms with Gasteiger partial charge in [-0.3, -0.25) is 4.79 Å². The summed E-state index contributed by atoms with van der Waals surface area (Å²) in [6.07, 6.45) is 2.46. The molecule has 0 aliphatic heterocycles. The van der Waals surface area contributed by atoms with Crippen LogP contribution in [0.5, 0.6) is 0 Å². The number of nitrogens with two attached hydrogens (primary N) is 1. The number of fused-ring (bicyclic) bond motifs is 2. The molecule has 1 aromatic heterocycles. The van der Waals surface area contributed by atoms with E-state index >= 15 is 0 Å². The summed E-state index contributed by atoms with van der Waals surface area (Å²) in [7, 11) is 0. The van der Waals surface area contributed by atoms with Gasteiger partial charge in [0.05, 0.1) is 10.6 Å². The molecule has 0 saturated heterocycles. The van der Waals surface area contributed by atoms with Gasteiger partial charge in [-0.05, 0) is 23.8 Å². The van der Waals surface area contributed by atoms with Crippen LogP contribution in [0, 0.1) is 0 Å². The largest absolute Gasteiger partial charge is 0.456 e. The van der Waals surface area contributed by atoms with Crippen LogP contribution in [0.4, 0.5) is 0 Å². The lowest BCUT2D eigenvalue weighted by Gasteiger charge is -2.10. The third-order valence-corrected chi connectivity index (χ3v) is 3.55. The average molecular weight is 257 g/mol. The molecule has 3 rings (SSSR count). The summed E-state index contributed by atoms with van der Waals surface area (Å²) in [4.78, 5) is 13.2. The highest BCUT2D eigenvalue weighted by Gasteiger charge is 2.14. The number of hydrogen-bond acceptors (Lipinski definition) is 4. The lowest BCUT2D eigenvalue weighted by atomic mass is 10.0. The molecule has 1 aliphatic rings. The van der Waals surface area contributed by atoms with Gasteiger partial charge >= 0.3 is 0 Å². The normalized spacial score (nSPS) is 14.5. The summed E-state index contributed by atoms with van der Waals surface area (Å²) in [6.45, 7) is 0.267. The summed E-state index contributed by atoms with van der Waals surface area (Å²) in [5.74, 6) is 0. The van der Waals surface area contributed by atoms with Crippen molar-refractivity contribution in [1.82, 2.24) is 0 Å². The lowest BCUT2D eigenvalue weighted by Crippen LogP contribution is -2.45. The molecular formula is C14H11NO2S. The third-order valence-electron chi connectivity index (χ3n) is 3.14. The number of rotatable bonds is 1. The van der Waals surface area contributed by atoms with E-state index < -0.39 is 0 Å². The highest BCUT2D eigenvalue weighted by molar-refractivity contribution is 7.81. The van der Waals surface area contributed by atoms with Gasteiger partial charge in [0, 0.05) is 17.8 Å². The number of benzene rings is 1. The second-order valence-electron chi connectivity index (χ2n) is 4.18. The molecule has 0 atom stereocenters. The molecule has 1 heterocycles. The summed E-state index contributed by atoms with van der Waals surface area (Å²) in [5, 5.41) is 1.10. The molecular weight excluding hydrogens is 246 g/mol.